The lowest BCUT2D eigenvalue weighted by molar-refractivity contribution is -0.123. The molecule has 0 bridgehead atoms. The third-order valence-electron chi connectivity index (χ3n) is 7.50. The molecule has 0 atom stereocenters. The fourth-order valence-electron chi connectivity index (χ4n) is 5.44. The number of ether oxygens (including phenoxy) is 1. The Bertz CT molecular complexity index is 1210. The van der Waals surface area contributed by atoms with Crippen LogP contribution < -0.4 is 9.80 Å². The number of rotatable bonds is 5. The lowest BCUT2D eigenvalue weighted by Crippen LogP contribution is -2.43. The van der Waals surface area contributed by atoms with Crippen LogP contribution in [0.3, 0.4) is 0 Å². The number of morpholine rings is 1. The maximum Gasteiger partial charge on any atom is 0.230 e. The molecule has 8 nitrogen and oxygen atoms in total. The number of allylic oxidation sites excluding steroid dienone is 1. The van der Waals surface area contributed by atoms with Gasteiger partial charge in [-0.3, -0.25) is 9.79 Å². The number of aryl methyl sites for hydroxylation is 1. The number of nitrogens with zero attached hydrogens (tertiary/aromatic N) is 5. The number of nitrogens with one attached hydrogen (secondary N) is 1. The first-order valence-electron chi connectivity index (χ1n) is 13.4. The molecule has 2 aromatic rings. The van der Waals surface area contributed by atoms with Crippen LogP contribution in [0.1, 0.15) is 37.9 Å². The molecule has 3 aliphatic rings. The standard InChI is InChI=1S/C29H38N6O2/c1-5-23(19-30-20(2)3)33-11-8-22(9-12-33)28(36)35-13-10-25-27(24-18-21(4)6-7-26(24)35)32-29(31-25)34-14-16-37-17-15-34/h5-7,18-19,22H,1,8-17H2,2-4H3,(H,31,32)/b23-19+. The van der Waals surface area contributed by atoms with Crippen LogP contribution in [-0.2, 0) is 16.0 Å². The summed E-state index contributed by atoms with van der Waals surface area (Å²) in [7, 11) is 0. The Morgan fingerprint density at radius 2 is 1.92 bits per heavy atom. The predicted octanol–water partition coefficient (Wildman–Crippen LogP) is 4.33. The molecule has 5 rings (SSSR count). The van der Waals surface area contributed by atoms with Gasteiger partial charge in [0, 0.05) is 62.0 Å². The van der Waals surface area contributed by atoms with Crippen molar-refractivity contribution in [1.82, 2.24) is 14.9 Å². The van der Waals surface area contributed by atoms with Crippen molar-refractivity contribution in [1.29, 1.82) is 0 Å². The smallest absolute Gasteiger partial charge is 0.230 e. The van der Waals surface area contributed by atoms with Gasteiger partial charge in [0.2, 0.25) is 11.9 Å². The number of fused-ring (bicyclic) bond motifs is 3. The Hall–Kier alpha value is -3.39. The largest absolute Gasteiger partial charge is 0.378 e. The number of imidazole rings is 1. The molecule has 0 unspecified atom stereocenters. The highest BCUT2D eigenvalue weighted by Gasteiger charge is 2.33. The molecule has 0 saturated carbocycles. The lowest BCUT2D eigenvalue weighted by atomic mass is 9.94. The first kappa shape index (κ1) is 25.3. The number of anilines is 2. The second-order valence-corrected chi connectivity index (χ2v) is 10.3. The van der Waals surface area contributed by atoms with Gasteiger partial charge in [-0.05, 0) is 51.8 Å². The maximum absolute atomic E-state index is 13.9. The summed E-state index contributed by atoms with van der Waals surface area (Å²) in [5.74, 6) is 1.12. The Morgan fingerprint density at radius 1 is 1.16 bits per heavy atom. The number of carbonyl (C=O) groups is 1. The minimum absolute atomic E-state index is 0.00110. The van der Waals surface area contributed by atoms with Crippen molar-refractivity contribution < 1.29 is 9.53 Å². The van der Waals surface area contributed by atoms with Gasteiger partial charge in [-0.1, -0.05) is 18.2 Å². The molecule has 1 aromatic carbocycles. The fourth-order valence-corrected chi connectivity index (χ4v) is 5.44. The van der Waals surface area contributed by atoms with Crippen molar-refractivity contribution in [2.45, 2.75) is 40.0 Å². The van der Waals surface area contributed by atoms with Crippen molar-refractivity contribution in [3.8, 4) is 11.3 Å². The number of aromatic amines is 1. The van der Waals surface area contributed by atoms with Crippen LogP contribution in [0.2, 0.25) is 0 Å². The van der Waals surface area contributed by atoms with Gasteiger partial charge in [-0.15, -0.1) is 0 Å². The average Bonchev–Trinajstić information content (AvgIpc) is 3.28. The van der Waals surface area contributed by atoms with Gasteiger partial charge in [0.05, 0.1) is 36.5 Å². The minimum atomic E-state index is 0.00110. The van der Waals surface area contributed by atoms with Gasteiger partial charge in [0.25, 0.3) is 0 Å². The van der Waals surface area contributed by atoms with Crippen molar-refractivity contribution in [3.63, 3.8) is 0 Å². The van der Waals surface area contributed by atoms with Gasteiger partial charge in [-0.25, -0.2) is 4.98 Å². The Morgan fingerprint density at radius 3 is 2.62 bits per heavy atom. The van der Waals surface area contributed by atoms with Crippen molar-refractivity contribution in [3.05, 3.63) is 54.0 Å². The number of carbonyl (C=O) groups excluding carboxylic acids is 1. The van der Waals surface area contributed by atoms with E-state index < -0.39 is 0 Å². The first-order valence-corrected chi connectivity index (χ1v) is 13.4. The highest BCUT2D eigenvalue weighted by atomic mass is 16.5. The quantitative estimate of drug-likeness (QED) is 0.487. The van der Waals surface area contributed by atoms with E-state index in [2.05, 4.69) is 51.5 Å². The summed E-state index contributed by atoms with van der Waals surface area (Å²) in [4.78, 5) is 33.5. The van der Waals surface area contributed by atoms with E-state index in [1.165, 1.54) is 0 Å². The van der Waals surface area contributed by atoms with Crippen LogP contribution in [0.5, 0.6) is 0 Å². The zero-order valence-corrected chi connectivity index (χ0v) is 22.3. The van der Waals surface area contributed by atoms with Crippen molar-refractivity contribution in [2.75, 3.05) is 55.7 Å². The molecule has 2 saturated heterocycles. The van der Waals surface area contributed by atoms with E-state index in [1.807, 2.05) is 31.0 Å². The summed E-state index contributed by atoms with van der Waals surface area (Å²) < 4.78 is 5.52. The summed E-state index contributed by atoms with van der Waals surface area (Å²) in [5.41, 5.74) is 7.27. The molecule has 8 heteroatoms. The summed E-state index contributed by atoms with van der Waals surface area (Å²) in [6, 6.07) is 6.36. The molecule has 4 heterocycles. The third kappa shape index (κ3) is 5.34. The van der Waals surface area contributed by atoms with Gasteiger partial charge >= 0.3 is 0 Å². The SMILES string of the molecule is C=C/C(=C\N=C(C)C)N1CCC(C(=O)N2CCc3[nH]c(N4CCOCC4)nc3-c3cc(C)ccc32)CC1. The molecular weight excluding hydrogens is 464 g/mol. The molecule has 196 valence electrons. The molecule has 0 radical (unpaired) electrons. The fraction of sp³-hybridized carbons (Fsp3) is 0.483. The van der Waals surface area contributed by atoms with E-state index >= 15 is 0 Å². The molecular formula is C29H38N6O2. The summed E-state index contributed by atoms with van der Waals surface area (Å²) >= 11 is 0. The van der Waals surface area contributed by atoms with Crippen LogP contribution in [-0.4, -0.2) is 72.4 Å². The van der Waals surface area contributed by atoms with E-state index in [1.54, 1.807) is 0 Å². The van der Waals surface area contributed by atoms with Crippen LogP contribution in [0.15, 0.2) is 47.7 Å². The number of H-pyrrole nitrogens is 1. The van der Waals surface area contributed by atoms with Crippen LogP contribution in [0, 0.1) is 12.8 Å². The number of hydrogen-bond donors (Lipinski definition) is 1. The zero-order chi connectivity index (χ0) is 25.9. The van der Waals surface area contributed by atoms with E-state index in [9.17, 15) is 4.79 Å². The first-order chi connectivity index (χ1) is 17.9. The Labute approximate surface area is 219 Å². The van der Waals surface area contributed by atoms with Crippen molar-refractivity contribution in [2.24, 2.45) is 10.9 Å². The molecule has 1 aromatic heterocycles. The number of aromatic nitrogens is 2. The molecule has 37 heavy (non-hydrogen) atoms. The lowest BCUT2D eigenvalue weighted by Gasteiger charge is -2.35. The van der Waals surface area contributed by atoms with E-state index in [4.69, 9.17) is 9.72 Å². The van der Waals surface area contributed by atoms with Gasteiger partial charge in [-0.2, -0.15) is 0 Å². The number of likely N-dealkylation sites (tertiary alicyclic amines) is 1. The topological polar surface area (TPSA) is 77.1 Å². The number of aliphatic imine (C=N–C) groups is 1. The van der Waals surface area contributed by atoms with E-state index in [-0.39, 0.29) is 11.8 Å². The number of piperidine rings is 1. The molecule has 2 fully saturated rings. The maximum atomic E-state index is 13.9. The van der Waals surface area contributed by atoms with Crippen LogP contribution >= 0.6 is 0 Å². The minimum Gasteiger partial charge on any atom is -0.378 e. The second-order valence-electron chi connectivity index (χ2n) is 10.3. The molecule has 0 spiro atoms. The zero-order valence-electron chi connectivity index (χ0n) is 22.3. The Kier molecular flexibility index (Phi) is 7.46. The van der Waals surface area contributed by atoms with E-state index in [0.29, 0.717) is 6.54 Å². The van der Waals surface area contributed by atoms with Gasteiger partial charge in [0.15, 0.2) is 0 Å². The van der Waals surface area contributed by atoms with Gasteiger partial charge < -0.3 is 24.4 Å². The number of benzene rings is 1. The normalized spacial score (nSPS) is 18.7. The van der Waals surface area contributed by atoms with Crippen molar-refractivity contribution >= 4 is 23.3 Å². The Balaban J connectivity index is 1.36. The van der Waals surface area contributed by atoms with Gasteiger partial charge in [0.1, 0.15) is 0 Å². The highest BCUT2D eigenvalue weighted by Crippen LogP contribution is 2.38. The van der Waals surface area contributed by atoms with E-state index in [0.717, 1.165) is 104 Å². The highest BCUT2D eigenvalue weighted by molar-refractivity contribution is 6.00. The molecule has 3 aliphatic heterocycles. The third-order valence-corrected chi connectivity index (χ3v) is 7.50. The monoisotopic (exact) mass is 502 g/mol. The summed E-state index contributed by atoms with van der Waals surface area (Å²) in [6.07, 6.45) is 6.13. The predicted molar refractivity (Wildman–Crippen MR) is 149 cm³/mol. The molecule has 0 aliphatic carbocycles. The summed E-state index contributed by atoms with van der Waals surface area (Å²) in [6.45, 7) is 15.4. The van der Waals surface area contributed by atoms with Crippen LogP contribution in [0.25, 0.3) is 11.3 Å². The second kappa shape index (κ2) is 10.9. The molecule has 1 amide bonds. The molecule has 1 N–H and O–H groups in total. The number of hydrogen-bond acceptors (Lipinski definition) is 6. The average molecular weight is 503 g/mol. The van der Waals surface area contributed by atoms with Crippen LogP contribution in [0.4, 0.5) is 11.6 Å². The summed E-state index contributed by atoms with van der Waals surface area (Å²) in [5, 5.41) is 0. The number of amides is 1.